The monoisotopic (exact) mass is 528 g/mol. The predicted molar refractivity (Wildman–Crippen MR) is 145 cm³/mol. The second-order valence-corrected chi connectivity index (χ2v) is 10.6. The molecule has 0 bridgehead atoms. The number of fused-ring (bicyclic) bond motifs is 1. The fraction of sp³-hybridized carbons (Fsp3) is 0.448. The Morgan fingerprint density at radius 3 is 2.85 bits per heavy atom. The van der Waals surface area contributed by atoms with Crippen molar-refractivity contribution in [2.24, 2.45) is 0 Å². The van der Waals surface area contributed by atoms with Crippen LogP contribution in [-0.2, 0) is 6.54 Å². The van der Waals surface area contributed by atoms with Gasteiger partial charge in [-0.2, -0.15) is 10.4 Å². The highest BCUT2D eigenvalue weighted by atomic mass is 19.1. The standard InChI is InChI=1S/C29H33FN8O/c30-22-12-20(15-33-23-2-1-3-23)13-26(14-22)39-25-6-10-37(11-7-25)18-24(4-8-31)38-17-21(16-36-38)28-27-5-9-32-29(27)35-19-34-28/h5,9,12-14,16-17,19,23-25,33H,1-4,6-7,10-11,15,18H2,(H,32,34,35). The van der Waals surface area contributed by atoms with Crippen LogP contribution in [0.2, 0.25) is 0 Å². The van der Waals surface area contributed by atoms with Crippen LogP contribution in [0.4, 0.5) is 4.39 Å². The molecule has 0 amide bonds. The molecular weight excluding hydrogens is 495 g/mol. The van der Waals surface area contributed by atoms with Gasteiger partial charge in [0.15, 0.2) is 0 Å². The Morgan fingerprint density at radius 1 is 1.18 bits per heavy atom. The number of halogens is 1. The third kappa shape index (κ3) is 5.95. The van der Waals surface area contributed by atoms with Gasteiger partial charge in [-0.25, -0.2) is 14.4 Å². The number of hydrogen-bond donors (Lipinski definition) is 2. The Labute approximate surface area is 227 Å². The molecule has 2 fully saturated rings. The van der Waals surface area contributed by atoms with Crippen LogP contribution >= 0.6 is 0 Å². The van der Waals surface area contributed by atoms with E-state index in [0.717, 1.165) is 60.3 Å². The lowest BCUT2D eigenvalue weighted by atomic mass is 9.93. The quantitative estimate of drug-likeness (QED) is 0.310. The third-order valence-electron chi connectivity index (χ3n) is 7.87. The van der Waals surface area contributed by atoms with Crippen LogP contribution in [-0.4, -0.2) is 61.4 Å². The molecule has 0 spiro atoms. The molecule has 39 heavy (non-hydrogen) atoms. The molecule has 0 radical (unpaired) electrons. The van der Waals surface area contributed by atoms with Gasteiger partial charge in [0.1, 0.15) is 29.6 Å². The van der Waals surface area contributed by atoms with E-state index in [2.05, 4.69) is 36.3 Å². The molecule has 3 aromatic heterocycles. The van der Waals surface area contributed by atoms with Gasteiger partial charge in [-0.1, -0.05) is 6.42 Å². The van der Waals surface area contributed by atoms with Gasteiger partial charge in [0.2, 0.25) is 0 Å². The van der Waals surface area contributed by atoms with Crippen molar-refractivity contribution in [2.45, 2.75) is 63.3 Å². The first-order valence-electron chi connectivity index (χ1n) is 13.8. The minimum Gasteiger partial charge on any atom is -0.490 e. The number of benzene rings is 1. The van der Waals surface area contributed by atoms with E-state index in [9.17, 15) is 9.65 Å². The van der Waals surface area contributed by atoms with Gasteiger partial charge in [-0.3, -0.25) is 4.68 Å². The van der Waals surface area contributed by atoms with Crippen molar-refractivity contribution >= 4 is 11.0 Å². The predicted octanol–water partition coefficient (Wildman–Crippen LogP) is 4.60. The number of aromatic nitrogens is 5. The molecular formula is C29H33FN8O. The van der Waals surface area contributed by atoms with Crippen molar-refractivity contribution in [1.29, 1.82) is 5.26 Å². The highest BCUT2D eigenvalue weighted by Gasteiger charge is 2.25. The Hall–Kier alpha value is -3.81. The van der Waals surface area contributed by atoms with E-state index in [1.165, 1.54) is 25.3 Å². The van der Waals surface area contributed by atoms with Gasteiger partial charge < -0.3 is 19.9 Å². The summed E-state index contributed by atoms with van der Waals surface area (Å²) in [6, 6.07) is 9.79. The summed E-state index contributed by atoms with van der Waals surface area (Å²) in [6.07, 6.45) is 12.9. The zero-order valence-corrected chi connectivity index (χ0v) is 21.9. The summed E-state index contributed by atoms with van der Waals surface area (Å²) in [6.45, 7) is 3.09. The Morgan fingerprint density at radius 2 is 2.05 bits per heavy atom. The Balaban J connectivity index is 1.05. The van der Waals surface area contributed by atoms with Crippen LogP contribution in [0.5, 0.6) is 5.75 Å². The number of piperidine rings is 1. The molecule has 1 aliphatic carbocycles. The Kier molecular flexibility index (Phi) is 7.52. The van der Waals surface area contributed by atoms with Gasteiger partial charge in [-0.15, -0.1) is 0 Å². The van der Waals surface area contributed by atoms with Crippen LogP contribution in [0, 0.1) is 17.1 Å². The maximum atomic E-state index is 14.3. The van der Waals surface area contributed by atoms with Gasteiger partial charge >= 0.3 is 0 Å². The lowest BCUT2D eigenvalue weighted by Gasteiger charge is -2.34. The van der Waals surface area contributed by atoms with Crippen LogP contribution in [0.15, 0.2) is 49.2 Å². The van der Waals surface area contributed by atoms with Crippen LogP contribution < -0.4 is 10.1 Å². The number of nitriles is 1. The topological polar surface area (TPSA) is 108 Å². The van der Waals surface area contributed by atoms with Crippen LogP contribution in [0.25, 0.3) is 22.3 Å². The van der Waals surface area contributed by atoms with E-state index in [4.69, 9.17) is 4.74 Å². The number of H-pyrrole nitrogens is 1. The maximum absolute atomic E-state index is 14.3. The highest BCUT2D eigenvalue weighted by Crippen LogP contribution is 2.27. The number of ether oxygens (including phenoxy) is 1. The van der Waals surface area contributed by atoms with Gasteiger partial charge in [0, 0.05) is 61.6 Å². The SMILES string of the molecule is N#CCC(CN1CCC(Oc2cc(F)cc(CNC3CCC3)c2)CC1)n1cc(-c2ncnc3[nH]ccc23)cn1. The second-order valence-electron chi connectivity index (χ2n) is 10.6. The molecule has 6 rings (SSSR count). The first-order valence-corrected chi connectivity index (χ1v) is 13.8. The molecule has 1 saturated carbocycles. The summed E-state index contributed by atoms with van der Waals surface area (Å²) in [5.74, 6) is 0.346. The minimum absolute atomic E-state index is 0.0442. The van der Waals surface area contributed by atoms with Crippen molar-refractivity contribution in [3.8, 4) is 23.1 Å². The smallest absolute Gasteiger partial charge is 0.141 e. The molecule has 2 N–H and O–H groups in total. The fourth-order valence-corrected chi connectivity index (χ4v) is 5.48. The molecule has 9 nitrogen and oxygen atoms in total. The van der Waals surface area contributed by atoms with Gasteiger partial charge in [0.25, 0.3) is 0 Å². The first-order chi connectivity index (χ1) is 19.1. The summed E-state index contributed by atoms with van der Waals surface area (Å²) in [7, 11) is 0. The first kappa shape index (κ1) is 25.5. The lowest BCUT2D eigenvalue weighted by molar-refractivity contribution is 0.0908. The fourth-order valence-electron chi connectivity index (χ4n) is 5.48. The summed E-state index contributed by atoms with van der Waals surface area (Å²) < 4.78 is 22.3. The number of nitrogens with zero attached hydrogens (tertiary/aromatic N) is 6. The molecule has 1 saturated heterocycles. The molecule has 10 heteroatoms. The summed E-state index contributed by atoms with van der Waals surface area (Å²) in [5, 5.41) is 18.5. The van der Waals surface area contributed by atoms with Crippen LogP contribution in [0.1, 0.15) is 50.1 Å². The van der Waals surface area contributed by atoms with Gasteiger partial charge in [0.05, 0.1) is 30.4 Å². The summed E-state index contributed by atoms with van der Waals surface area (Å²) >= 11 is 0. The van der Waals surface area contributed by atoms with E-state index in [1.807, 2.05) is 29.2 Å². The number of rotatable bonds is 10. The lowest BCUT2D eigenvalue weighted by Crippen LogP contribution is -2.41. The van der Waals surface area contributed by atoms with E-state index >= 15 is 0 Å². The number of nitrogens with one attached hydrogen (secondary N) is 2. The normalized spacial score (nSPS) is 17.6. The molecule has 2 aliphatic rings. The van der Waals surface area contributed by atoms with Crippen molar-refractivity contribution in [2.75, 3.05) is 19.6 Å². The van der Waals surface area contributed by atoms with E-state index in [1.54, 1.807) is 18.6 Å². The zero-order chi connectivity index (χ0) is 26.6. The average Bonchev–Trinajstić information content (AvgIpc) is 3.58. The summed E-state index contributed by atoms with van der Waals surface area (Å²) in [4.78, 5) is 14.2. The largest absolute Gasteiger partial charge is 0.490 e. The molecule has 4 aromatic rings. The van der Waals surface area contributed by atoms with Crippen LogP contribution in [0.3, 0.4) is 0 Å². The number of likely N-dealkylation sites (tertiary alicyclic amines) is 1. The highest BCUT2D eigenvalue weighted by molar-refractivity contribution is 5.89. The molecule has 1 aliphatic heterocycles. The molecule has 4 heterocycles. The molecule has 1 unspecified atom stereocenters. The average molecular weight is 529 g/mol. The molecule has 202 valence electrons. The molecule has 1 aromatic carbocycles. The van der Waals surface area contributed by atoms with Gasteiger partial charge in [-0.05, 0) is 49.4 Å². The van der Waals surface area contributed by atoms with Crippen molar-refractivity contribution in [3.63, 3.8) is 0 Å². The van der Waals surface area contributed by atoms with Crippen molar-refractivity contribution in [1.82, 2.24) is 34.9 Å². The number of aromatic amines is 1. The number of hydrogen-bond acceptors (Lipinski definition) is 7. The maximum Gasteiger partial charge on any atom is 0.141 e. The second kappa shape index (κ2) is 11.5. The van der Waals surface area contributed by atoms with E-state index in [-0.39, 0.29) is 18.0 Å². The third-order valence-corrected chi connectivity index (χ3v) is 7.87. The zero-order valence-electron chi connectivity index (χ0n) is 21.9. The summed E-state index contributed by atoms with van der Waals surface area (Å²) in [5.41, 5.74) is 3.42. The minimum atomic E-state index is -0.257. The van der Waals surface area contributed by atoms with Crippen molar-refractivity contribution in [3.05, 3.63) is 60.6 Å². The van der Waals surface area contributed by atoms with E-state index in [0.29, 0.717) is 24.8 Å². The molecule has 1 atom stereocenters. The Bertz CT molecular complexity index is 1450. The van der Waals surface area contributed by atoms with Crippen molar-refractivity contribution < 1.29 is 9.13 Å². The van der Waals surface area contributed by atoms with E-state index < -0.39 is 0 Å².